The minimum atomic E-state index is -3.73. The molecule has 158 valence electrons. The second kappa shape index (κ2) is 9.15. The number of sulfonamides is 1. The van der Waals surface area contributed by atoms with Gasteiger partial charge in [0.25, 0.3) is 0 Å². The molecule has 8 heteroatoms. The van der Waals surface area contributed by atoms with Crippen LogP contribution in [0.2, 0.25) is 0 Å². The van der Waals surface area contributed by atoms with Crippen LogP contribution in [0.25, 0.3) is 10.8 Å². The molecule has 0 unspecified atom stereocenters. The molecular weight excluding hydrogens is 400 g/mol. The largest absolute Gasteiger partial charge is 0.377 e. The van der Waals surface area contributed by atoms with E-state index in [0.717, 1.165) is 16.6 Å². The van der Waals surface area contributed by atoms with Crippen molar-refractivity contribution in [1.29, 1.82) is 0 Å². The van der Waals surface area contributed by atoms with Gasteiger partial charge in [-0.1, -0.05) is 42.0 Å². The van der Waals surface area contributed by atoms with E-state index in [9.17, 15) is 13.2 Å². The number of carbonyl (C=O) groups excluding carboxylic acids is 1. The SMILES string of the molecule is Cc1ccc(NC(=O)NCCNS(=O)(=O)c2cccc3c(N(C)C)cccc23)cc1. The number of benzene rings is 3. The van der Waals surface area contributed by atoms with Gasteiger partial charge in [-0.25, -0.2) is 17.9 Å². The molecule has 0 spiro atoms. The molecule has 0 aliphatic heterocycles. The highest BCUT2D eigenvalue weighted by atomic mass is 32.2. The summed E-state index contributed by atoms with van der Waals surface area (Å²) in [5, 5.41) is 6.87. The van der Waals surface area contributed by atoms with Crippen molar-refractivity contribution < 1.29 is 13.2 Å². The van der Waals surface area contributed by atoms with Gasteiger partial charge in [-0.05, 0) is 31.2 Å². The predicted octanol–water partition coefficient (Wildman–Crippen LogP) is 3.31. The second-order valence-corrected chi connectivity index (χ2v) is 8.90. The van der Waals surface area contributed by atoms with Crippen LogP contribution in [0.1, 0.15) is 5.56 Å². The Morgan fingerprint density at radius 3 is 2.27 bits per heavy atom. The highest BCUT2D eigenvalue weighted by molar-refractivity contribution is 7.89. The molecule has 3 aromatic carbocycles. The van der Waals surface area contributed by atoms with E-state index in [4.69, 9.17) is 0 Å². The zero-order valence-electron chi connectivity index (χ0n) is 17.3. The average molecular weight is 427 g/mol. The van der Waals surface area contributed by atoms with Gasteiger partial charge in [0.05, 0.1) is 4.90 Å². The zero-order chi connectivity index (χ0) is 21.7. The summed E-state index contributed by atoms with van der Waals surface area (Å²) in [6.07, 6.45) is 0. The molecule has 30 heavy (non-hydrogen) atoms. The number of fused-ring (bicyclic) bond motifs is 1. The van der Waals surface area contributed by atoms with Gasteiger partial charge < -0.3 is 15.5 Å². The Labute approximate surface area is 177 Å². The number of nitrogens with zero attached hydrogens (tertiary/aromatic N) is 1. The van der Waals surface area contributed by atoms with Crippen LogP contribution in [0, 0.1) is 6.92 Å². The summed E-state index contributed by atoms with van der Waals surface area (Å²) in [6.45, 7) is 2.20. The first-order valence-electron chi connectivity index (χ1n) is 9.58. The monoisotopic (exact) mass is 426 g/mol. The Kier molecular flexibility index (Phi) is 6.59. The van der Waals surface area contributed by atoms with E-state index in [1.54, 1.807) is 30.3 Å². The first kappa shape index (κ1) is 21.6. The summed E-state index contributed by atoms with van der Waals surface area (Å²) in [5.74, 6) is 0. The highest BCUT2D eigenvalue weighted by Crippen LogP contribution is 2.29. The molecule has 0 aliphatic carbocycles. The van der Waals surface area contributed by atoms with Gasteiger partial charge in [0, 0.05) is 49.3 Å². The molecule has 3 rings (SSSR count). The normalized spacial score (nSPS) is 11.3. The molecule has 7 nitrogen and oxygen atoms in total. The fourth-order valence-corrected chi connectivity index (χ4v) is 4.39. The van der Waals surface area contributed by atoms with E-state index < -0.39 is 10.0 Å². The molecule has 2 amide bonds. The predicted molar refractivity (Wildman–Crippen MR) is 122 cm³/mol. The van der Waals surface area contributed by atoms with E-state index >= 15 is 0 Å². The van der Waals surface area contributed by atoms with Crippen LogP contribution < -0.4 is 20.3 Å². The van der Waals surface area contributed by atoms with E-state index in [1.165, 1.54) is 0 Å². The average Bonchev–Trinajstić information content (AvgIpc) is 2.72. The first-order chi connectivity index (χ1) is 14.3. The summed E-state index contributed by atoms with van der Waals surface area (Å²) in [5.41, 5.74) is 2.71. The second-order valence-electron chi connectivity index (χ2n) is 7.17. The number of anilines is 2. The van der Waals surface area contributed by atoms with Crippen molar-refractivity contribution >= 4 is 38.2 Å². The fraction of sp³-hybridized carbons (Fsp3) is 0.227. The number of amides is 2. The zero-order valence-corrected chi connectivity index (χ0v) is 18.1. The lowest BCUT2D eigenvalue weighted by Gasteiger charge is -2.17. The summed E-state index contributed by atoms with van der Waals surface area (Å²) in [6, 6.07) is 17.8. The van der Waals surface area contributed by atoms with Crippen molar-refractivity contribution in [1.82, 2.24) is 10.0 Å². The van der Waals surface area contributed by atoms with Gasteiger partial charge in [-0.2, -0.15) is 0 Å². The lowest BCUT2D eigenvalue weighted by Crippen LogP contribution is -2.36. The molecule has 0 aliphatic rings. The maximum absolute atomic E-state index is 12.8. The topological polar surface area (TPSA) is 90.5 Å². The molecular formula is C22H26N4O3S. The quantitative estimate of drug-likeness (QED) is 0.506. The summed E-state index contributed by atoms with van der Waals surface area (Å²) in [4.78, 5) is 14.1. The van der Waals surface area contributed by atoms with Crippen molar-refractivity contribution in [2.24, 2.45) is 0 Å². The van der Waals surface area contributed by atoms with Gasteiger partial charge in [-0.15, -0.1) is 0 Å². The van der Waals surface area contributed by atoms with Gasteiger partial charge >= 0.3 is 6.03 Å². The lowest BCUT2D eigenvalue weighted by molar-refractivity contribution is 0.252. The minimum Gasteiger partial charge on any atom is -0.377 e. The Hall–Kier alpha value is -3.10. The molecule has 3 N–H and O–H groups in total. The van der Waals surface area contributed by atoms with Crippen LogP contribution in [0.15, 0.2) is 65.6 Å². The number of hydrogen-bond acceptors (Lipinski definition) is 4. The van der Waals surface area contributed by atoms with E-state index in [2.05, 4.69) is 15.4 Å². The Bertz CT molecular complexity index is 1140. The third kappa shape index (κ3) is 5.08. The molecule has 0 atom stereocenters. The highest BCUT2D eigenvalue weighted by Gasteiger charge is 2.18. The van der Waals surface area contributed by atoms with E-state index in [-0.39, 0.29) is 24.0 Å². The number of rotatable bonds is 7. The van der Waals surface area contributed by atoms with Crippen molar-refractivity contribution in [3.05, 3.63) is 66.2 Å². The fourth-order valence-electron chi connectivity index (χ4n) is 3.14. The number of urea groups is 1. The van der Waals surface area contributed by atoms with Crippen molar-refractivity contribution in [3.63, 3.8) is 0 Å². The van der Waals surface area contributed by atoms with Crippen molar-refractivity contribution in [2.75, 3.05) is 37.4 Å². The van der Waals surface area contributed by atoms with Crippen LogP contribution >= 0.6 is 0 Å². The molecule has 0 fully saturated rings. The molecule has 0 heterocycles. The summed E-state index contributed by atoms with van der Waals surface area (Å²) < 4.78 is 28.2. The number of hydrogen-bond donors (Lipinski definition) is 3. The molecule has 0 saturated carbocycles. The van der Waals surface area contributed by atoms with Gasteiger partial charge in [0.1, 0.15) is 0 Å². The van der Waals surface area contributed by atoms with Crippen molar-refractivity contribution in [2.45, 2.75) is 11.8 Å². The van der Waals surface area contributed by atoms with Gasteiger partial charge in [0.2, 0.25) is 10.0 Å². The van der Waals surface area contributed by atoms with Crippen LogP contribution in [-0.2, 0) is 10.0 Å². The minimum absolute atomic E-state index is 0.0768. The number of nitrogens with one attached hydrogen (secondary N) is 3. The van der Waals surface area contributed by atoms with E-state index in [1.807, 2.05) is 56.3 Å². The van der Waals surface area contributed by atoms with Crippen LogP contribution in [0.5, 0.6) is 0 Å². The third-order valence-electron chi connectivity index (χ3n) is 4.64. The summed E-state index contributed by atoms with van der Waals surface area (Å²) in [7, 11) is 0.105. The smallest absolute Gasteiger partial charge is 0.319 e. The van der Waals surface area contributed by atoms with Crippen LogP contribution in [0.4, 0.5) is 16.2 Å². The first-order valence-corrected chi connectivity index (χ1v) is 11.1. The lowest BCUT2D eigenvalue weighted by atomic mass is 10.1. The van der Waals surface area contributed by atoms with Gasteiger partial charge in [0.15, 0.2) is 0 Å². The van der Waals surface area contributed by atoms with E-state index in [0.29, 0.717) is 11.1 Å². The summed E-state index contributed by atoms with van der Waals surface area (Å²) >= 11 is 0. The van der Waals surface area contributed by atoms with Crippen molar-refractivity contribution in [3.8, 4) is 0 Å². The molecule has 0 radical (unpaired) electrons. The Balaban J connectivity index is 1.62. The maximum atomic E-state index is 12.8. The van der Waals surface area contributed by atoms with Gasteiger partial charge in [-0.3, -0.25) is 0 Å². The molecule has 0 saturated heterocycles. The van der Waals surface area contributed by atoms with Crippen LogP contribution in [-0.4, -0.2) is 41.6 Å². The maximum Gasteiger partial charge on any atom is 0.319 e. The molecule has 0 aromatic heterocycles. The Morgan fingerprint density at radius 2 is 1.57 bits per heavy atom. The number of aryl methyl sites for hydroxylation is 1. The molecule has 3 aromatic rings. The number of carbonyl (C=O) groups is 1. The van der Waals surface area contributed by atoms with Crippen LogP contribution in [0.3, 0.4) is 0 Å². The standard InChI is InChI=1S/C22H26N4O3S/c1-16-10-12-17(13-11-16)25-22(27)23-14-15-24-30(28,29)21-9-5-6-18-19(21)7-4-8-20(18)26(2)3/h4-13,24H,14-15H2,1-3H3,(H2,23,25,27). The third-order valence-corrected chi connectivity index (χ3v) is 6.16. The molecule has 0 bridgehead atoms. The Morgan fingerprint density at radius 1 is 0.900 bits per heavy atom.